The van der Waals surface area contributed by atoms with E-state index in [0.29, 0.717) is 49.3 Å². The topological polar surface area (TPSA) is 182 Å². The molecule has 0 spiro atoms. The molecular weight excluding hydrogens is 841 g/mol. The van der Waals surface area contributed by atoms with Crippen LogP contribution in [-0.2, 0) is 9.47 Å². The van der Waals surface area contributed by atoms with Crippen molar-refractivity contribution in [3.8, 4) is 5.75 Å². The standard InChI is InChI=1S/C46H59F2N11O6/c1-26-39-35(59(52-26)36-10-11-38(60)51-45(36)61)4-2-5-37(39)65-32-18-28(19-32)24-63-31-12-16-55(17-13-31)21-27-6-8-29(9-7-27)58-23-34(41(53-58)42(47)48)50-46(62)40-43-49-14-3-15-57(43)54-44(40)56-22-33-20-30(56)25-64-33/h2-5,14-15,23,27-33,36,38,42,45,51,60-61H,6-13,16-22,24-25H2,1H3,(H,50,62)/t27?,28?,29?,30-,32?,33-,36-,38-,45-/m1/s1. The van der Waals surface area contributed by atoms with Crippen LogP contribution in [-0.4, -0.2) is 131 Å². The van der Waals surface area contributed by atoms with Crippen LogP contribution in [0.4, 0.5) is 20.3 Å². The number of morpholine rings is 1. The summed E-state index contributed by atoms with van der Waals surface area (Å²) in [6.45, 7) is 6.92. The zero-order valence-electron chi connectivity index (χ0n) is 36.7. The summed E-state index contributed by atoms with van der Waals surface area (Å²) in [5.41, 5.74) is 1.99. The summed E-state index contributed by atoms with van der Waals surface area (Å²) in [6, 6.07) is 7.54. The van der Waals surface area contributed by atoms with Crippen LogP contribution in [0.5, 0.6) is 5.75 Å². The first-order chi connectivity index (χ1) is 31.6. The number of aryl methyl sites for hydroxylation is 1. The molecule has 5 aromatic rings. The highest BCUT2D eigenvalue weighted by molar-refractivity contribution is 6.12. The molecule has 348 valence electrons. The van der Waals surface area contributed by atoms with Crippen LogP contribution < -0.4 is 20.3 Å². The maximum Gasteiger partial charge on any atom is 0.284 e. The molecule has 4 saturated heterocycles. The SMILES string of the molecule is Cc1nn([C@@H]2CC[C@@H](O)N[C@@H]2O)c2cccc(OC3CC(COC4CCN(CC5CCC(n6cc(NC(=O)c7c(N8C[C@H]9C[C@@H]8CO9)nn8cccnc78)c(C(F)F)n6)CC5)CC4)C3)c12. The quantitative estimate of drug-likeness (QED) is 0.118. The first kappa shape index (κ1) is 42.8. The van der Waals surface area contributed by atoms with E-state index in [1.165, 1.54) is 0 Å². The molecule has 0 unspecified atom stereocenters. The van der Waals surface area contributed by atoms with E-state index >= 15 is 0 Å². The maximum atomic E-state index is 14.4. The van der Waals surface area contributed by atoms with Crippen LogP contribution in [0, 0.1) is 18.8 Å². The molecule has 0 radical (unpaired) electrons. The molecule has 2 saturated carbocycles. The van der Waals surface area contributed by atoms with Crippen LogP contribution in [0.3, 0.4) is 0 Å². The third-order valence-electron chi connectivity index (χ3n) is 14.9. The van der Waals surface area contributed by atoms with Crippen LogP contribution in [0.25, 0.3) is 16.6 Å². The Bertz CT molecular complexity index is 2490. The van der Waals surface area contributed by atoms with Crippen molar-refractivity contribution >= 4 is 34.0 Å². The number of likely N-dealkylation sites (tertiary alicyclic amines) is 1. The van der Waals surface area contributed by atoms with E-state index in [9.17, 15) is 23.8 Å². The Balaban J connectivity index is 0.628. The second-order valence-corrected chi connectivity index (χ2v) is 19.3. The fourth-order valence-corrected chi connectivity index (χ4v) is 11.4. The largest absolute Gasteiger partial charge is 0.490 e. The lowest BCUT2D eigenvalue weighted by molar-refractivity contribution is -0.0481. The van der Waals surface area contributed by atoms with Crippen molar-refractivity contribution in [2.45, 2.75) is 133 Å². The van der Waals surface area contributed by atoms with Gasteiger partial charge < -0.3 is 39.5 Å². The van der Waals surface area contributed by atoms with Crippen LogP contribution in [0.1, 0.15) is 111 Å². The average molecular weight is 900 g/mol. The van der Waals surface area contributed by atoms with Gasteiger partial charge in [0, 0.05) is 44.8 Å². The molecule has 5 atom stereocenters. The number of rotatable bonds is 13. The number of benzene rings is 1. The summed E-state index contributed by atoms with van der Waals surface area (Å²) < 4.78 is 52.7. The fraction of sp³-hybridized carbons (Fsp3) is 0.630. The second-order valence-electron chi connectivity index (χ2n) is 19.3. The number of hydrogen-bond acceptors (Lipinski definition) is 13. The monoisotopic (exact) mass is 899 g/mol. The van der Waals surface area contributed by atoms with Gasteiger partial charge in [-0.05, 0) is 108 Å². The summed E-state index contributed by atoms with van der Waals surface area (Å²) in [4.78, 5) is 23.0. The van der Waals surface area contributed by atoms with Gasteiger partial charge in [0.15, 0.2) is 17.2 Å². The summed E-state index contributed by atoms with van der Waals surface area (Å²) in [5.74, 6) is 1.77. The van der Waals surface area contributed by atoms with E-state index in [1.54, 1.807) is 33.9 Å². The molecule has 4 aromatic heterocycles. The van der Waals surface area contributed by atoms with Gasteiger partial charge in [-0.25, -0.2) is 18.3 Å². The van der Waals surface area contributed by atoms with Gasteiger partial charge in [0.25, 0.3) is 12.3 Å². The highest BCUT2D eigenvalue weighted by Crippen LogP contribution is 2.40. The lowest BCUT2D eigenvalue weighted by Crippen LogP contribution is -2.48. The van der Waals surface area contributed by atoms with Crippen molar-refractivity contribution in [2.24, 2.45) is 11.8 Å². The Hall–Kier alpha value is -4.79. The molecule has 1 aromatic carbocycles. The van der Waals surface area contributed by atoms with Crippen LogP contribution in [0.2, 0.25) is 0 Å². The van der Waals surface area contributed by atoms with E-state index in [2.05, 4.69) is 35.6 Å². The first-order valence-corrected chi connectivity index (χ1v) is 23.6. The van der Waals surface area contributed by atoms with Crippen molar-refractivity contribution in [3.63, 3.8) is 0 Å². The number of amides is 1. The van der Waals surface area contributed by atoms with Crippen molar-refractivity contribution in [1.29, 1.82) is 0 Å². The normalized spacial score (nSPS) is 29.9. The van der Waals surface area contributed by atoms with E-state index in [-0.39, 0.29) is 47.7 Å². The number of anilines is 2. The lowest BCUT2D eigenvalue weighted by Gasteiger charge is -2.39. The molecule has 6 aliphatic rings. The Morgan fingerprint density at radius 1 is 0.969 bits per heavy atom. The smallest absolute Gasteiger partial charge is 0.284 e. The van der Waals surface area contributed by atoms with E-state index in [1.807, 2.05) is 29.8 Å². The van der Waals surface area contributed by atoms with Crippen molar-refractivity contribution < 1.29 is 38.0 Å². The Morgan fingerprint density at radius 3 is 2.55 bits per heavy atom. The molecule has 6 fully saturated rings. The number of aromatic nitrogens is 7. The van der Waals surface area contributed by atoms with E-state index < -0.39 is 30.5 Å². The number of piperidine rings is 2. The van der Waals surface area contributed by atoms with Gasteiger partial charge >= 0.3 is 0 Å². The number of ether oxygens (including phenoxy) is 3. The molecule has 1 amide bonds. The molecule has 11 rings (SSSR count). The highest BCUT2D eigenvalue weighted by Gasteiger charge is 2.43. The number of aliphatic hydroxyl groups excluding tert-OH is 2. The van der Waals surface area contributed by atoms with Gasteiger partial charge in [-0.2, -0.15) is 10.2 Å². The first-order valence-electron chi connectivity index (χ1n) is 23.6. The number of nitrogens with zero attached hydrogens (tertiary/aromatic N) is 9. The van der Waals surface area contributed by atoms with Gasteiger partial charge in [-0.15, -0.1) is 5.10 Å². The summed E-state index contributed by atoms with van der Waals surface area (Å²) >= 11 is 0. The Morgan fingerprint density at radius 2 is 1.80 bits per heavy atom. The second kappa shape index (κ2) is 17.8. The van der Waals surface area contributed by atoms with Crippen molar-refractivity contribution in [2.75, 3.05) is 49.6 Å². The third kappa shape index (κ3) is 8.48. The summed E-state index contributed by atoms with van der Waals surface area (Å²) in [5, 5.41) is 40.9. The molecule has 19 heteroatoms. The third-order valence-corrected chi connectivity index (χ3v) is 14.9. The van der Waals surface area contributed by atoms with Gasteiger partial charge in [0.05, 0.1) is 71.9 Å². The molecule has 4 N–H and O–H groups in total. The van der Waals surface area contributed by atoms with E-state index in [0.717, 1.165) is 106 Å². The summed E-state index contributed by atoms with van der Waals surface area (Å²) in [6.07, 6.45) is 10.5. The minimum atomic E-state index is -2.85. The molecule has 65 heavy (non-hydrogen) atoms. The van der Waals surface area contributed by atoms with Crippen LogP contribution in [0.15, 0.2) is 42.9 Å². The van der Waals surface area contributed by atoms with Crippen molar-refractivity contribution in [1.82, 2.24) is 44.4 Å². The minimum Gasteiger partial charge on any atom is -0.490 e. The number of carbonyl (C=O) groups excluding carboxylic acids is 1. The number of nitrogens with one attached hydrogen (secondary N) is 2. The van der Waals surface area contributed by atoms with Gasteiger partial charge in [-0.1, -0.05) is 6.07 Å². The number of carbonyl (C=O) groups is 1. The predicted octanol–water partition coefficient (Wildman–Crippen LogP) is 5.38. The van der Waals surface area contributed by atoms with Gasteiger partial charge in [0.2, 0.25) is 0 Å². The number of hydrogen-bond donors (Lipinski definition) is 4. The molecule has 4 aliphatic heterocycles. The zero-order chi connectivity index (χ0) is 44.3. The van der Waals surface area contributed by atoms with Crippen molar-refractivity contribution in [3.05, 3.63) is 59.8 Å². The minimum absolute atomic E-state index is 0.0155. The van der Waals surface area contributed by atoms with E-state index in [4.69, 9.17) is 19.3 Å². The number of aliphatic hydroxyl groups is 2. The Labute approximate surface area is 375 Å². The fourth-order valence-electron chi connectivity index (χ4n) is 11.4. The molecule has 2 bridgehead atoms. The van der Waals surface area contributed by atoms with Gasteiger partial charge in [-0.3, -0.25) is 19.5 Å². The lowest BCUT2D eigenvalue weighted by atomic mass is 9.83. The average Bonchev–Trinajstić information content (AvgIpc) is 4.14. The maximum absolute atomic E-state index is 14.4. The predicted molar refractivity (Wildman–Crippen MR) is 235 cm³/mol. The molecule has 8 heterocycles. The highest BCUT2D eigenvalue weighted by atomic mass is 19.3. The van der Waals surface area contributed by atoms with Crippen LogP contribution >= 0.6 is 0 Å². The van der Waals surface area contributed by atoms with Gasteiger partial charge in [0.1, 0.15) is 23.8 Å². The number of fused-ring (bicyclic) bond motifs is 4. The molecular formula is C46H59F2N11O6. The number of halogens is 2. The Kier molecular flexibility index (Phi) is 11.7. The summed E-state index contributed by atoms with van der Waals surface area (Å²) in [7, 11) is 0. The molecule has 17 nitrogen and oxygen atoms in total. The zero-order valence-corrected chi connectivity index (χ0v) is 36.7. The molecule has 2 aliphatic carbocycles. The number of alkyl halides is 2.